The topological polar surface area (TPSA) is 33.6 Å². The zero-order chi connectivity index (χ0) is 8.39. The second-order valence-corrected chi connectivity index (χ2v) is 3.42. The molecule has 0 radical (unpaired) electrons. The number of hydrogen-bond donors (Lipinski definition) is 1. The Morgan fingerprint density at radius 3 is 2.67 bits per heavy atom. The summed E-state index contributed by atoms with van der Waals surface area (Å²) in [6.07, 6.45) is 6.40. The molecule has 1 aliphatic heterocycles. The van der Waals surface area contributed by atoms with Crippen molar-refractivity contribution >= 4 is 5.90 Å². The van der Waals surface area contributed by atoms with Gasteiger partial charge >= 0.3 is 0 Å². The summed E-state index contributed by atoms with van der Waals surface area (Å²) in [5.41, 5.74) is 2.74. The van der Waals surface area contributed by atoms with E-state index in [9.17, 15) is 0 Å². The molecule has 1 fully saturated rings. The lowest BCUT2D eigenvalue weighted by molar-refractivity contribution is 0.346. The maximum Gasteiger partial charge on any atom is 0.217 e. The molecule has 12 heavy (non-hydrogen) atoms. The van der Waals surface area contributed by atoms with Gasteiger partial charge in [0.25, 0.3) is 0 Å². The summed E-state index contributed by atoms with van der Waals surface area (Å²) >= 11 is 0. The van der Waals surface area contributed by atoms with E-state index in [0.29, 0.717) is 11.8 Å². The fourth-order valence-corrected chi connectivity index (χ4v) is 1.81. The molecule has 0 atom stereocenters. The molecule has 66 valence electrons. The largest absolute Gasteiger partial charge is 0.424 e. The molecule has 0 saturated heterocycles. The molecule has 2 rings (SSSR count). The Hall–Kier alpha value is -0.990. The first-order valence-electron chi connectivity index (χ1n) is 4.56. The van der Waals surface area contributed by atoms with Crippen LogP contribution in [0.5, 0.6) is 0 Å². The molecule has 0 aromatic heterocycles. The standard InChI is InChI=1S/C9H14N2O/c1-7-10-11-9(12-7)8-5-3-2-4-6-8/h8,10H,1-6H2. The van der Waals surface area contributed by atoms with Gasteiger partial charge in [0, 0.05) is 5.92 Å². The SMILES string of the molecule is C=C1NN=C(C2CCCCC2)O1. The summed E-state index contributed by atoms with van der Waals surface area (Å²) in [6.45, 7) is 3.65. The lowest BCUT2D eigenvalue weighted by atomic mass is 9.89. The van der Waals surface area contributed by atoms with Crippen molar-refractivity contribution in [2.75, 3.05) is 0 Å². The Kier molecular flexibility index (Phi) is 2.02. The van der Waals surface area contributed by atoms with Gasteiger partial charge in [-0.1, -0.05) is 19.3 Å². The second-order valence-electron chi connectivity index (χ2n) is 3.42. The van der Waals surface area contributed by atoms with E-state index in [4.69, 9.17) is 4.74 Å². The van der Waals surface area contributed by atoms with Crippen LogP contribution in [0.15, 0.2) is 17.6 Å². The van der Waals surface area contributed by atoms with E-state index in [1.54, 1.807) is 0 Å². The zero-order valence-electron chi connectivity index (χ0n) is 7.18. The van der Waals surface area contributed by atoms with Crippen LogP contribution < -0.4 is 5.43 Å². The highest BCUT2D eigenvalue weighted by Gasteiger charge is 2.24. The summed E-state index contributed by atoms with van der Waals surface area (Å²) < 4.78 is 5.35. The lowest BCUT2D eigenvalue weighted by Gasteiger charge is -2.19. The molecule has 0 amide bonds. The molecule has 2 aliphatic rings. The molecule has 0 spiro atoms. The van der Waals surface area contributed by atoms with Crippen LogP contribution in [-0.4, -0.2) is 5.90 Å². The van der Waals surface area contributed by atoms with Crippen molar-refractivity contribution in [2.45, 2.75) is 32.1 Å². The average Bonchev–Trinajstić information content (AvgIpc) is 2.54. The van der Waals surface area contributed by atoms with Gasteiger partial charge in [0.15, 0.2) is 0 Å². The first-order valence-corrected chi connectivity index (χ1v) is 4.56. The quantitative estimate of drug-likeness (QED) is 0.646. The monoisotopic (exact) mass is 166 g/mol. The van der Waals surface area contributed by atoms with Crippen molar-refractivity contribution in [3.8, 4) is 0 Å². The van der Waals surface area contributed by atoms with Crippen LogP contribution in [0.3, 0.4) is 0 Å². The van der Waals surface area contributed by atoms with E-state index < -0.39 is 0 Å². The van der Waals surface area contributed by atoms with Gasteiger partial charge in [-0.2, -0.15) is 0 Å². The molecule has 3 nitrogen and oxygen atoms in total. The average molecular weight is 166 g/mol. The van der Waals surface area contributed by atoms with Crippen LogP contribution in [-0.2, 0) is 4.74 Å². The van der Waals surface area contributed by atoms with Crippen LogP contribution in [0.1, 0.15) is 32.1 Å². The van der Waals surface area contributed by atoms with E-state index in [2.05, 4.69) is 17.1 Å². The van der Waals surface area contributed by atoms with Gasteiger partial charge in [-0.05, 0) is 19.4 Å². The molecular weight excluding hydrogens is 152 g/mol. The molecule has 0 aromatic rings. The van der Waals surface area contributed by atoms with Gasteiger partial charge in [-0.3, -0.25) is 0 Å². The molecule has 1 aliphatic carbocycles. The highest BCUT2D eigenvalue weighted by molar-refractivity contribution is 5.80. The summed E-state index contributed by atoms with van der Waals surface area (Å²) in [5, 5.41) is 4.09. The third-order valence-corrected chi connectivity index (χ3v) is 2.47. The number of hydrogen-bond acceptors (Lipinski definition) is 3. The number of ether oxygens (including phenoxy) is 1. The summed E-state index contributed by atoms with van der Waals surface area (Å²) in [7, 11) is 0. The number of rotatable bonds is 1. The first kappa shape index (κ1) is 7.65. The third-order valence-electron chi connectivity index (χ3n) is 2.47. The first-order chi connectivity index (χ1) is 5.86. The van der Waals surface area contributed by atoms with Crippen LogP contribution in [0.25, 0.3) is 0 Å². The van der Waals surface area contributed by atoms with E-state index in [-0.39, 0.29) is 0 Å². The molecule has 0 unspecified atom stereocenters. The zero-order valence-corrected chi connectivity index (χ0v) is 7.18. The van der Waals surface area contributed by atoms with Gasteiger partial charge in [-0.25, -0.2) is 5.43 Å². The fourth-order valence-electron chi connectivity index (χ4n) is 1.81. The minimum Gasteiger partial charge on any atom is -0.424 e. The minimum absolute atomic E-state index is 0.533. The Bertz CT molecular complexity index is 217. The molecule has 0 aromatic carbocycles. The van der Waals surface area contributed by atoms with E-state index in [0.717, 1.165) is 5.90 Å². The lowest BCUT2D eigenvalue weighted by Crippen LogP contribution is -2.17. The van der Waals surface area contributed by atoms with Gasteiger partial charge in [0.05, 0.1) is 0 Å². The highest BCUT2D eigenvalue weighted by Crippen LogP contribution is 2.26. The molecular formula is C9H14N2O. The maximum atomic E-state index is 5.35. The van der Waals surface area contributed by atoms with Crippen LogP contribution in [0, 0.1) is 5.92 Å². The maximum absolute atomic E-state index is 5.35. The Morgan fingerprint density at radius 1 is 1.33 bits per heavy atom. The van der Waals surface area contributed by atoms with Gasteiger partial charge < -0.3 is 4.74 Å². The molecule has 1 heterocycles. The highest BCUT2D eigenvalue weighted by atomic mass is 16.5. The van der Waals surface area contributed by atoms with Gasteiger partial charge in [0.2, 0.25) is 11.8 Å². The Morgan fingerprint density at radius 2 is 2.08 bits per heavy atom. The smallest absolute Gasteiger partial charge is 0.217 e. The van der Waals surface area contributed by atoms with Gasteiger partial charge in [-0.15, -0.1) is 5.10 Å². The second kappa shape index (κ2) is 3.17. The molecule has 1 N–H and O–H groups in total. The fraction of sp³-hybridized carbons (Fsp3) is 0.667. The van der Waals surface area contributed by atoms with Crippen molar-refractivity contribution < 1.29 is 4.74 Å². The van der Waals surface area contributed by atoms with E-state index in [1.807, 2.05) is 0 Å². The van der Waals surface area contributed by atoms with Crippen molar-refractivity contribution in [1.29, 1.82) is 0 Å². The predicted octanol–water partition coefficient (Wildman–Crippen LogP) is 1.97. The summed E-state index contributed by atoms with van der Waals surface area (Å²) in [4.78, 5) is 0. The van der Waals surface area contributed by atoms with E-state index in [1.165, 1.54) is 32.1 Å². The van der Waals surface area contributed by atoms with Gasteiger partial charge in [0.1, 0.15) is 0 Å². The Labute approximate surface area is 72.5 Å². The van der Waals surface area contributed by atoms with Crippen LogP contribution in [0.4, 0.5) is 0 Å². The molecule has 1 saturated carbocycles. The third kappa shape index (κ3) is 1.44. The van der Waals surface area contributed by atoms with E-state index >= 15 is 0 Å². The number of nitrogens with zero attached hydrogens (tertiary/aromatic N) is 1. The van der Waals surface area contributed by atoms with Crippen molar-refractivity contribution in [3.63, 3.8) is 0 Å². The van der Waals surface area contributed by atoms with Crippen molar-refractivity contribution in [1.82, 2.24) is 5.43 Å². The minimum atomic E-state index is 0.533. The molecule has 0 bridgehead atoms. The van der Waals surface area contributed by atoms with Crippen LogP contribution in [0.2, 0.25) is 0 Å². The number of hydrazone groups is 1. The normalized spacial score (nSPS) is 24.7. The summed E-state index contributed by atoms with van der Waals surface area (Å²) in [6, 6.07) is 0. The predicted molar refractivity (Wildman–Crippen MR) is 47.4 cm³/mol. The molecule has 3 heteroatoms. The Balaban J connectivity index is 1.95. The van der Waals surface area contributed by atoms with Crippen molar-refractivity contribution in [3.05, 3.63) is 12.5 Å². The summed E-state index contributed by atoms with van der Waals surface area (Å²) in [5.74, 6) is 1.95. The van der Waals surface area contributed by atoms with Crippen LogP contribution >= 0.6 is 0 Å². The van der Waals surface area contributed by atoms with Crippen molar-refractivity contribution in [2.24, 2.45) is 11.0 Å². The number of nitrogens with one attached hydrogen (secondary N) is 1.